The molecule has 0 bridgehead atoms. The molecule has 1 saturated heterocycles. The van der Waals surface area contributed by atoms with Gasteiger partial charge in [-0.2, -0.15) is 17.4 Å². The lowest BCUT2D eigenvalue weighted by Crippen LogP contribution is -2.45. The Kier molecular flexibility index (Phi) is 5.76. The monoisotopic (exact) mass is 353 g/mol. The van der Waals surface area contributed by atoms with Gasteiger partial charge in [-0.3, -0.25) is 0 Å². The van der Waals surface area contributed by atoms with Gasteiger partial charge in [0.15, 0.2) is 0 Å². The molecule has 1 aliphatic carbocycles. The van der Waals surface area contributed by atoms with Crippen LogP contribution in [0, 0.1) is 11.8 Å². The first-order chi connectivity index (χ1) is 11.6. The number of benzene rings is 1. The first kappa shape index (κ1) is 17.7. The molecule has 0 amide bonds. The smallest absolute Gasteiger partial charge is 0.279 e. The van der Waals surface area contributed by atoms with Crippen LogP contribution in [-0.2, 0) is 16.8 Å². The Morgan fingerprint density at radius 1 is 1.17 bits per heavy atom. The summed E-state index contributed by atoms with van der Waals surface area (Å²) in [6, 6.07) is 7.63. The molecule has 0 aromatic heterocycles. The first-order valence-corrected chi connectivity index (χ1v) is 10.2. The van der Waals surface area contributed by atoms with Crippen molar-refractivity contribution in [3.63, 3.8) is 0 Å². The van der Waals surface area contributed by atoms with Gasteiger partial charge in [-0.25, -0.2) is 0 Å². The molecule has 1 saturated carbocycles. The highest BCUT2D eigenvalue weighted by Gasteiger charge is 2.27. The van der Waals surface area contributed by atoms with Crippen LogP contribution in [-0.4, -0.2) is 39.0 Å². The number of hydrogen-bond acceptors (Lipinski definition) is 4. The van der Waals surface area contributed by atoms with E-state index < -0.39 is 10.2 Å². The quantitative estimate of drug-likeness (QED) is 0.741. The second kappa shape index (κ2) is 7.82. The highest BCUT2D eigenvalue weighted by atomic mass is 32.2. The van der Waals surface area contributed by atoms with Crippen LogP contribution >= 0.6 is 0 Å². The fourth-order valence-electron chi connectivity index (χ4n) is 2.89. The van der Waals surface area contributed by atoms with Crippen LogP contribution in [0.15, 0.2) is 24.3 Å². The van der Waals surface area contributed by atoms with Crippen LogP contribution in [0.4, 0.5) is 0 Å². The summed E-state index contributed by atoms with van der Waals surface area (Å²) in [7, 11) is -3.44. The molecule has 0 atom stereocenters. The Morgan fingerprint density at radius 3 is 2.58 bits per heavy atom. The summed E-state index contributed by atoms with van der Waals surface area (Å²) < 4.78 is 34.8. The highest BCUT2D eigenvalue weighted by Crippen LogP contribution is 2.29. The minimum absolute atomic E-state index is 0.278. The SMILES string of the molecule is NCC1CCN(S(=O)(=O)NCc2cccc(OCC3CC3)c2)CC1. The molecule has 6 nitrogen and oxygen atoms in total. The molecule has 2 aliphatic rings. The van der Waals surface area contributed by atoms with E-state index >= 15 is 0 Å². The lowest BCUT2D eigenvalue weighted by atomic mass is 9.99. The summed E-state index contributed by atoms with van der Waals surface area (Å²) in [4.78, 5) is 0. The van der Waals surface area contributed by atoms with Crippen LogP contribution in [0.1, 0.15) is 31.2 Å². The van der Waals surface area contributed by atoms with Gasteiger partial charge in [-0.1, -0.05) is 12.1 Å². The van der Waals surface area contributed by atoms with Gasteiger partial charge in [0.1, 0.15) is 5.75 Å². The van der Waals surface area contributed by atoms with Gasteiger partial charge in [-0.15, -0.1) is 0 Å². The number of nitrogens with two attached hydrogens (primary N) is 1. The van der Waals surface area contributed by atoms with E-state index in [-0.39, 0.29) is 6.54 Å². The number of piperidine rings is 1. The van der Waals surface area contributed by atoms with E-state index in [1.807, 2.05) is 24.3 Å². The van der Waals surface area contributed by atoms with E-state index in [9.17, 15) is 8.42 Å². The largest absolute Gasteiger partial charge is 0.493 e. The second-order valence-electron chi connectivity index (χ2n) is 6.81. The predicted molar refractivity (Wildman–Crippen MR) is 93.8 cm³/mol. The summed E-state index contributed by atoms with van der Waals surface area (Å²) in [5.41, 5.74) is 6.56. The van der Waals surface area contributed by atoms with Crippen molar-refractivity contribution in [1.82, 2.24) is 9.03 Å². The maximum atomic E-state index is 12.4. The van der Waals surface area contributed by atoms with Crippen molar-refractivity contribution in [3.8, 4) is 5.75 Å². The van der Waals surface area contributed by atoms with Gasteiger partial charge >= 0.3 is 0 Å². The van der Waals surface area contributed by atoms with Gasteiger partial charge < -0.3 is 10.5 Å². The maximum absolute atomic E-state index is 12.4. The molecule has 3 N–H and O–H groups in total. The Bertz CT molecular complexity index is 638. The summed E-state index contributed by atoms with van der Waals surface area (Å²) in [5, 5.41) is 0. The molecule has 0 radical (unpaired) electrons. The third-order valence-electron chi connectivity index (χ3n) is 4.79. The Balaban J connectivity index is 1.51. The average Bonchev–Trinajstić information content (AvgIpc) is 3.43. The Labute approximate surface area is 144 Å². The number of nitrogens with one attached hydrogen (secondary N) is 1. The molecule has 1 heterocycles. The molecule has 0 spiro atoms. The molecule has 1 aliphatic heterocycles. The zero-order valence-electron chi connectivity index (χ0n) is 14.0. The van der Waals surface area contributed by atoms with Crippen molar-refractivity contribution in [3.05, 3.63) is 29.8 Å². The normalized spacial score (nSPS) is 20.2. The minimum atomic E-state index is -3.44. The van der Waals surface area contributed by atoms with Crippen molar-refractivity contribution >= 4 is 10.2 Å². The van der Waals surface area contributed by atoms with E-state index in [1.54, 1.807) is 0 Å². The molecule has 3 rings (SSSR count). The fraction of sp³-hybridized carbons (Fsp3) is 0.647. The van der Waals surface area contributed by atoms with Crippen molar-refractivity contribution in [2.45, 2.75) is 32.2 Å². The van der Waals surface area contributed by atoms with E-state index in [0.29, 0.717) is 31.5 Å². The molecule has 24 heavy (non-hydrogen) atoms. The third kappa shape index (κ3) is 4.92. The van der Waals surface area contributed by atoms with Crippen LogP contribution in [0.5, 0.6) is 5.75 Å². The molecular formula is C17H27N3O3S. The fourth-order valence-corrected chi connectivity index (χ4v) is 4.12. The minimum Gasteiger partial charge on any atom is -0.493 e. The van der Waals surface area contributed by atoms with Gasteiger partial charge in [0.2, 0.25) is 0 Å². The second-order valence-corrected chi connectivity index (χ2v) is 8.56. The van der Waals surface area contributed by atoms with E-state index in [0.717, 1.165) is 30.8 Å². The summed E-state index contributed by atoms with van der Waals surface area (Å²) in [6.45, 7) is 2.75. The van der Waals surface area contributed by atoms with Crippen molar-refractivity contribution in [2.24, 2.45) is 17.6 Å². The van der Waals surface area contributed by atoms with E-state index in [4.69, 9.17) is 10.5 Å². The van der Waals surface area contributed by atoms with Crippen LogP contribution in [0.3, 0.4) is 0 Å². The maximum Gasteiger partial charge on any atom is 0.279 e. The number of rotatable bonds is 8. The summed E-state index contributed by atoms with van der Waals surface area (Å²) in [6.07, 6.45) is 4.17. The predicted octanol–water partition coefficient (Wildman–Crippen LogP) is 1.48. The standard InChI is InChI=1S/C17H27N3O3S/c18-11-14-6-8-20(9-7-14)24(21,22)19-12-16-2-1-3-17(10-16)23-13-15-4-5-15/h1-3,10,14-15,19H,4-9,11-13,18H2. The highest BCUT2D eigenvalue weighted by molar-refractivity contribution is 7.87. The molecule has 0 unspecified atom stereocenters. The van der Waals surface area contributed by atoms with Crippen LogP contribution < -0.4 is 15.2 Å². The Morgan fingerprint density at radius 2 is 1.92 bits per heavy atom. The van der Waals surface area contributed by atoms with Crippen molar-refractivity contribution < 1.29 is 13.2 Å². The zero-order chi connectivity index (χ0) is 17.0. The number of hydrogen-bond donors (Lipinski definition) is 2. The van der Waals surface area contributed by atoms with Crippen molar-refractivity contribution in [1.29, 1.82) is 0 Å². The third-order valence-corrected chi connectivity index (χ3v) is 6.34. The molecule has 2 fully saturated rings. The topological polar surface area (TPSA) is 84.7 Å². The van der Waals surface area contributed by atoms with Crippen molar-refractivity contribution in [2.75, 3.05) is 26.2 Å². The average molecular weight is 353 g/mol. The summed E-state index contributed by atoms with van der Waals surface area (Å²) in [5.74, 6) is 1.95. The molecule has 7 heteroatoms. The summed E-state index contributed by atoms with van der Waals surface area (Å²) >= 11 is 0. The molecule has 1 aromatic rings. The number of nitrogens with zero attached hydrogens (tertiary/aromatic N) is 1. The van der Waals surface area contributed by atoms with Gasteiger partial charge in [0, 0.05) is 19.6 Å². The molecule has 134 valence electrons. The Hall–Kier alpha value is -1.15. The van der Waals surface area contributed by atoms with Crippen LogP contribution in [0.25, 0.3) is 0 Å². The van der Waals surface area contributed by atoms with Crippen LogP contribution in [0.2, 0.25) is 0 Å². The van der Waals surface area contributed by atoms with E-state index in [1.165, 1.54) is 17.1 Å². The molecular weight excluding hydrogens is 326 g/mol. The lowest BCUT2D eigenvalue weighted by molar-refractivity contribution is 0.275. The van der Waals surface area contributed by atoms with Gasteiger partial charge in [0.25, 0.3) is 10.2 Å². The lowest BCUT2D eigenvalue weighted by Gasteiger charge is -2.30. The zero-order valence-corrected chi connectivity index (χ0v) is 14.8. The van der Waals surface area contributed by atoms with Gasteiger partial charge in [0.05, 0.1) is 6.61 Å². The van der Waals surface area contributed by atoms with E-state index in [2.05, 4.69) is 4.72 Å². The molecule has 1 aromatic carbocycles. The van der Waals surface area contributed by atoms with Gasteiger partial charge in [-0.05, 0) is 61.8 Å². The number of ether oxygens (including phenoxy) is 1. The first-order valence-electron chi connectivity index (χ1n) is 8.73.